The van der Waals surface area contributed by atoms with Gasteiger partial charge in [-0.2, -0.15) is 10.4 Å². The molecule has 0 amide bonds. The summed E-state index contributed by atoms with van der Waals surface area (Å²) in [5, 5.41) is 13.2. The van der Waals surface area contributed by atoms with Crippen LogP contribution in [0.25, 0.3) is 0 Å². The van der Waals surface area contributed by atoms with E-state index < -0.39 is 6.10 Å². The molecule has 1 aromatic rings. The normalized spacial score (nSPS) is 12.4. The summed E-state index contributed by atoms with van der Waals surface area (Å²) in [4.78, 5) is 0. The van der Waals surface area contributed by atoms with E-state index in [-0.39, 0.29) is 0 Å². The Morgan fingerprint density at radius 2 is 2.36 bits per heavy atom. The molecule has 1 aromatic heterocycles. The molecule has 0 aliphatic carbocycles. The van der Waals surface area contributed by atoms with Crippen molar-refractivity contribution in [3.05, 3.63) is 17.5 Å². The maximum atomic E-state index is 8.93. The van der Waals surface area contributed by atoms with Crippen LogP contribution < -0.4 is 0 Å². The van der Waals surface area contributed by atoms with Crippen LogP contribution in [0.2, 0.25) is 0 Å². The molecule has 0 radical (unpaired) electrons. The first-order chi connectivity index (χ1) is 6.72. The molecule has 1 heterocycles. The minimum Gasteiger partial charge on any atom is -0.359 e. The van der Waals surface area contributed by atoms with Gasteiger partial charge in [-0.1, -0.05) is 6.92 Å². The molecule has 4 heteroatoms. The van der Waals surface area contributed by atoms with Crippen molar-refractivity contribution in [3.63, 3.8) is 0 Å². The zero-order valence-corrected chi connectivity index (χ0v) is 8.82. The van der Waals surface area contributed by atoms with Crippen LogP contribution in [0, 0.1) is 11.3 Å². The predicted octanol–water partition coefficient (Wildman–Crippen LogP) is 1.58. The van der Waals surface area contributed by atoms with Crippen molar-refractivity contribution in [2.45, 2.75) is 26.4 Å². The Hall–Kier alpha value is -1.34. The Morgan fingerprint density at radius 3 is 2.86 bits per heavy atom. The number of hydrogen-bond acceptors (Lipinski definition) is 3. The summed E-state index contributed by atoms with van der Waals surface area (Å²) < 4.78 is 7.04. The third-order valence-electron chi connectivity index (χ3n) is 2.01. The number of nitriles is 1. The van der Waals surface area contributed by atoms with Gasteiger partial charge >= 0.3 is 0 Å². The minimum absolute atomic E-state index is 0.483. The van der Waals surface area contributed by atoms with Gasteiger partial charge in [-0.3, -0.25) is 4.68 Å². The first-order valence-electron chi connectivity index (χ1n) is 4.76. The van der Waals surface area contributed by atoms with Crippen molar-refractivity contribution in [2.75, 3.05) is 6.61 Å². The number of rotatable bonds is 4. The molecule has 1 atom stereocenters. The van der Waals surface area contributed by atoms with E-state index in [1.807, 2.05) is 27.1 Å². The third-order valence-corrected chi connectivity index (χ3v) is 2.01. The second kappa shape index (κ2) is 4.77. The van der Waals surface area contributed by atoms with E-state index in [0.717, 1.165) is 17.7 Å². The SMILES string of the molecule is CCOC(C#N)c1cn(C)nc1CC. The van der Waals surface area contributed by atoms with E-state index >= 15 is 0 Å². The highest BCUT2D eigenvalue weighted by molar-refractivity contribution is 5.24. The summed E-state index contributed by atoms with van der Waals surface area (Å²) in [6.07, 6.45) is 2.19. The van der Waals surface area contributed by atoms with E-state index in [9.17, 15) is 0 Å². The van der Waals surface area contributed by atoms with Gasteiger partial charge in [-0.25, -0.2) is 0 Å². The molecule has 1 rings (SSSR count). The first kappa shape index (κ1) is 10.7. The summed E-state index contributed by atoms with van der Waals surface area (Å²) in [5.41, 5.74) is 1.83. The Bertz CT molecular complexity index is 338. The fourth-order valence-corrected chi connectivity index (χ4v) is 1.41. The van der Waals surface area contributed by atoms with E-state index in [1.54, 1.807) is 4.68 Å². The van der Waals surface area contributed by atoms with Crippen molar-refractivity contribution in [1.29, 1.82) is 5.26 Å². The lowest BCUT2D eigenvalue weighted by molar-refractivity contribution is 0.101. The highest BCUT2D eigenvalue weighted by atomic mass is 16.5. The zero-order valence-electron chi connectivity index (χ0n) is 8.82. The van der Waals surface area contributed by atoms with Gasteiger partial charge in [0.2, 0.25) is 0 Å². The molecule has 0 aromatic carbocycles. The van der Waals surface area contributed by atoms with Gasteiger partial charge in [0, 0.05) is 25.4 Å². The monoisotopic (exact) mass is 193 g/mol. The van der Waals surface area contributed by atoms with Crippen LogP contribution in [0.1, 0.15) is 31.2 Å². The van der Waals surface area contributed by atoms with E-state index in [4.69, 9.17) is 10.00 Å². The van der Waals surface area contributed by atoms with E-state index in [2.05, 4.69) is 11.2 Å². The fraction of sp³-hybridized carbons (Fsp3) is 0.600. The average Bonchev–Trinajstić information content (AvgIpc) is 2.55. The van der Waals surface area contributed by atoms with Crippen molar-refractivity contribution in [3.8, 4) is 6.07 Å². The van der Waals surface area contributed by atoms with Gasteiger partial charge in [0.15, 0.2) is 6.10 Å². The average molecular weight is 193 g/mol. The lowest BCUT2D eigenvalue weighted by atomic mass is 10.1. The maximum Gasteiger partial charge on any atom is 0.172 e. The van der Waals surface area contributed by atoms with Gasteiger partial charge in [-0.15, -0.1) is 0 Å². The van der Waals surface area contributed by atoms with Crippen LogP contribution in [0.5, 0.6) is 0 Å². The first-order valence-corrected chi connectivity index (χ1v) is 4.76. The molecule has 76 valence electrons. The van der Waals surface area contributed by atoms with Crippen molar-refractivity contribution in [1.82, 2.24) is 9.78 Å². The number of aromatic nitrogens is 2. The van der Waals surface area contributed by atoms with Crippen molar-refractivity contribution in [2.24, 2.45) is 7.05 Å². The van der Waals surface area contributed by atoms with Crippen LogP contribution in [-0.2, 0) is 18.2 Å². The van der Waals surface area contributed by atoms with Crippen LogP contribution >= 0.6 is 0 Å². The molecule has 0 aliphatic heterocycles. The summed E-state index contributed by atoms with van der Waals surface area (Å²) in [6, 6.07) is 2.13. The molecule has 14 heavy (non-hydrogen) atoms. The second-order valence-electron chi connectivity index (χ2n) is 3.02. The molecule has 0 aliphatic rings. The number of nitrogens with zero attached hydrogens (tertiary/aromatic N) is 3. The Kier molecular flexibility index (Phi) is 3.66. The third kappa shape index (κ3) is 2.12. The Labute approximate surface area is 84.1 Å². The summed E-state index contributed by atoms with van der Waals surface area (Å²) >= 11 is 0. The molecule has 0 fully saturated rings. The lowest BCUT2D eigenvalue weighted by Gasteiger charge is -2.07. The Morgan fingerprint density at radius 1 is 1.64 bits per heavy atom. The minimum atomic E-state index is -0.483. The topological polar surface area (TPSA) is 50.8 Å². The van der Waals surface area contributed by atoms with Gasteiger partial charge < -0.3 is 4.74 Å². The molecule has 4 nitrogen and oxygen atoms in total. The number of hydrogen-bond donors (Lipinski definition) is 0. The molecule has 0 N–H and O–H groups in total. The van der Waals surface area contributed by atoms with Crippen molar-refractivity contribution < 1.29 is 4.74 Å². The molecular formula is C10H15N3O. The standard InChI is InChI=1S/C10H15N3O/c1-4-9-8(7-13(3)12-9)10(6-11)14-5-2/h7,10H,4-5H2,1-3H3. The van der Waals surface area contributed by atoms with Crippen LogP contribution in [0.4, 0.5) is 0 Å². The quantitative estimate of drug-likeness (QED) is 0.729. The molecule has 0 saturated carbocycles. The molecule has 0 saturated heterocycles. The fourth-order valence-electron chi connectivity index (χ4n) is 1.41. The van der Waals surface area contributed by atoms with Gasteiger partial charge in [0.1, 0.15) is 0 Å². The molecule has 0 spiro atoms. The molecule has 1 unspecified atom stereocenters. The highest BCUT2D eigenvalue weighted by Gasteiger charge is 2.16. The largest absolute Gasteiger partial charge is 0.359 e. The Balaban J connectivity index is 2.97. The van der Waals surface area contributed by atoms with Crippen molar-refractivity contribution >= 4 is 0 Å². The van der Waals surface area contributed by atoms with Gasteiger partial charge in [-0.05, 0) is 13.3 Å². The zero-order chi connectivity index (χ0) is 10.6. The smallest absolute Gasteiger partial charge is 0.172 e. The van der Waals surface area contributed by atoms with E-state index in [1.165, 1.54) is 0 Å². The summed E-state index contributed by atoms with van der Waals surface area (Å²) in [7, 11) is 1.85. The number of aryl methyl sites for hydroxylation is 2. The van der Waals surface area contributed by atoms with Crippen LogP contribution in [-0.4, -0.2) is 16.4 Å². The maximum absolute atomic E-state index is 8.93. The predicted molar refractivity (Wildman–Crippen MR) is 52.6 cm³/mol. The molecular weight excluding hydrogens is 178 g/mol. The van der Waals surface area contributed by atoms with Crippen LogP contribution in [0.3, 0.4) is 0 Å². The van der Waals surface area contributed by atoms with Gasteiger partial charge in [0.25, 0.3) is 0 Å². The summed E-state index contributed by atoms with van der Waals surface area (Å²) in [6.45, 7) is 4.44. The highest BCUT2D eigenvalue weighted by Crippen LogP contribution is 2.20. The molecule has 0 bridgehead atoms. The van der Waals surface area contributed by atoms with Crippen LogP contribution in [0.15, 0.2) is 6.20 Å². The number of ether oxygens (including phenoxy) is 1. The van der Waals surface area contributed by atoms with E-state index in [0.29, 0.717) is 6.61 Å². The van der Waals surface area contributed by atoms with Gasteiger partial charge in [0.05, 0.1) is 11.8 Å². The second-order valence-corrected chi connectivity index (χ2v) is 3.02. The summed E-state index contributed by atoms with van der Waals surface area (Å²) in [5.74, 6) is 0. The lowest BCUT2D eigenvalue weighted by Crippen LogP contribution is -2.03.